The van der Waals surface area contributed by atoms with Gasteiger partial charge in [0.05, 0.1) is 13.2 Å². The van der Waals surface area contributed by atoms with Crippen molar-refractivity contribution in [2.75, 3.05) is 7.11 Å². The zero-order chi connectivity index (χ0) is 14.0. The van der Waals surface area contributed by atoms with Gasteiger partial charge in [0.1, 0.15) is 5.75 Å². The summed E-state index contributed by atoms with van der Waals surface area (Å²) < 4.78 is 66.8. The van der Waals surface area contributed by atoms with Crippen molar-refractivity contribution in [1.29, 1.82) is 0 Å². The van der Waals surface area contributed by atoms with E-state index in [1.807, 2.05) is 0 Å². The van der Waals surface area contributed by atoms with Crippen molar-refractivity contribution in [3.05, 3.63) is 29.8 Å². The first-order valence-corrected chi connectivity index (χ1v) is 6.21. The molecular weight excluding hydrogens is 273 g/mol. The minimum absolute atomic E-state index is 0.295. The summed E-state index contributed by atoms with van der Waals surface area (Å²) in [5.74, 6) is 0.504. The van der Waals surface area contributed by atoms with E-state index < -0.39 is 21.7 Å². The van der Waals surface area contributed by atoms with E-state index in [4.69, 9.17) is 4.74 Å². The van der Waals surface area contributed by atoms with E-state index >= 15 is 0 Å². The van der Waals surface area contributed by atoms with Crippen LogP contribution >= 0.6 is 0 Å². The molecule has 1 atom stereocenters. The van der Waals surface area contributed by atoms with Crippen LogP contribution in [0.4, 0.5) is 13.2 Å². The molecule has 0 saturated carbocycles. The highest BCUT2D eigenvalue weighted by molar-refractivity contribution is 7.87. The van der Waals surface area contributed by atoms with Gasteiger partial charge in [-0.05, 0) is 24.6 Å². The zero-order valence-electron chi connectivity index (χ0n) is 9.56. The second kappa shape index (κ2) is 5.15. The van der Waals surface area contributed by atoms with Gasteiger partial charge in [0.2, 0.25) is 0 Å². The van der Waals surface area contributed by atoms with Gasteiger partial charge in [0.25, 0.3) is 0 Å². The molecule has 0 fully saturated rings. The molecule has 0 aliphatic carbocycles. The highest BCUT2D eigenvalue weighted by Crippen LogP contribution is 2.30. The van der Waals surface area contributed by atoms with E-state index in [2.05, 4.69) is 4.18 Å². The highest BCUT2D eigenvalue weighted by atomic mass is 32.2. The Morgan fingerprint density at radius 3 is 2.06 bits per heavy atom. The lowest BCUT2D eigenvalue weighted by molar-refractivity contribution is -0.0569. The van der Waals surface area contributed by atoms with Gasteiger partial charge in [-0.1, -0.05) is 12.1 Å². The molecule has 1 rings (SSSR count). The Morgan fingerprint density at radius 1 is 1.17 bits per heavy atom. The number of rotatable bonds is 4. The Bertz CT molecular complexity index is 493. The predicted molar refractivity (Wildman–Crippen MR) is 57.5 cm³/mol. The lowest BCUT2D eigenvalue weighted by atomic mass is 10.1. The number of alkyl halides is 3. The number of benzene rings is 1. The Labute approximate surface area is 102 Å². The molecule has 4 nitrogen and oxygen atoms in total. The summed E-state index contributed by atoms with van der Waals surface area (Å²) in [4.78, 5) is 0. The second-order valence-electron chi connectivity index (χ2n) is 3.41. The third-order valence-corrected chi connectivity index (χ3v) is 3.25. The van der Waals surface area contributed by atoms with Gasteiger partial charge in [-0.3, -0.25) is 4.18 Å². The number of hydrogen-bond acceptors (Lipinski definition) is 4. The summed E-state index contributed by atoms with van der Waals surface area (Å²) in [6, 6.07) is 5.84. The van der Waals surface area contributed by atoms with Crippen molar-refractivity contribution in [3.8, 4) is 5.75 Å². The zero-order valence-corrected chi connectivity index (χ0v) is 10.4. The fourth-order valence-electron chi connectivity index (χ4n) is 1.18. The molecule has 18 heavy (non-hydrogen) atoms. The molecule has 0 N–H and O–H groups in total. The van der Waals surface area contributed by atoms with Crippen molar-refractivity contribution in [2.45, 2.75) is 18.5 Å². The maximum atomic E-state index is 12.1. The Balaban J connectivity index is 2.86. The van der Waals surface area contributed by atoms with Gasteiger partial charge in [-0.25, -0.2) is 0 Å². The minimum atomic E-state index is -5.59. The van der Waals surface area contributed by atoms with Crippen LogP contribution in [0.15, 0.2) is 24.3 Å². The minimum Gasteiger partial charge on any atom is -0.497 e. The summed E-state index contributed by atoms with van der Waals surface area (Å²) in [5, 5.41) is 0. The molecule has 0 spiro atoms. The number of halogens is 3. The Hall–Kier alpha value is -1.28. The quantitative estimate of drug-likeness (QED) is 0.630. The largest absolute Gasteiger partial charge is 0.523 e. The van der Waals surface area contributed by atoms with E-state index in [0.717, 1.165) is 0 Å². The third-order valence-electron chi connectivity index (χ3n) is 2.14. The second-order valence-corrected chi connectivity index (χ2v) is 4.98. The molecule has 0 aromatic heterocycles. The summed E-state index contributed by atoms with van der Waals surface area (Å²) >= 11 is 0. The number of hydrogen-bond donors (Lipinski definition) is 0. The molecule has 0 radical (unpaired) electrons. The summed E-state index contributed by atoms with van der Waals surface area (Å²) in [6.07, 6.45) is -1.23. The average Bonchev–Trinajstić information content (AvgIpc) is 2.27. The molecule has 102 valence electrons. The number of ether oxygens (including phenoxy) is 1. The molecule has 0 heterocycles. The van der Waals surface area contributed by atoms with Crippen molar-refractivity contribution in [3.63, 3.8) is 0 Å². The van der Waals surface area contributed by atoms with Crippen LogP contribution in [0.1, 0.15) is 18.6 Å². The number of methoxy groups -OCH3 is 1. The van der Waals surface area contributed by atoms with Crippen LogP contribution in [0, 0.1) is 0 Å². The SMILES string of the molecule is COc1ccc(C(C)OS(=O)(=O)C(F)(F)F)cc1. The maximum Gasteiger partial charge on any atom is 0.523 e. The van der Waals surface area contributed by atoms with Crippen LogP contribution < -0.4 is 4.74 Å². The smallest absolute Gasteiger partial charge is 0.497 e. The van der Waals surface area contributed by atoms with Gasteiger partial charge in [0, 0.05) is 0 Å². The lowest BCUT2D eigenvalue weighted by Gasteiger charge is -2.15. The Kier molecular flexibility index (Phi) is 4.23. The third kappa shape index (κ3) is 3.36. The van der Waals surface area contributed by atoms with Crippen LogP contribution in [0.2, 0.25) is 0 Å². The van der Waals surface area contributed by atoms with E-state index in [0.29, 0.717) is 11.3 Å². The standard InChI is InChI=1S/C10H11F3O4S/c1-7(17-18(14,15)10(11,12)13)8-3-5-9(16-2)6-4-8/h3-7H,1-2H3. The van der Waals surface area contributed by atoms with Crippen molar-refractivity contribution in [1.82, 2.24) is 0 Å². The van der Waals surface area contributed by atoms with E-state index in [1.54, 1.807) is 0 Å². The summed E-state index contributed by atoms with van der Waals surface area (Å²) in [7, 11) is -4.16. The predicted octanol–water partition coefficient (Wildman–Crippen LogP) is 2.62. The first-order chi connectivity index (χ1) is 8.17. The highest BCUT2D eigenvalue weighted by Gasteiger charge is 2.48. The van der Waals surface area contributed by atoms with E-state index in [9.17, 15) is 21.6 Å². The first-order valence-electron chi connectivity index (χ1n) is 4.81. The van der Waals surface area contributed by atoms with Gasteiger partial charge in [0.15, 0.2) is 0 Å². The van der Waals surface area contributed by atoms with Crippen molar-refractivity contribution < 1.29 is 30.5 Å². The van der Waals surface area contributed by atoms with Gasteiger partial charge in [-0.2, -0.15) is 21.6 Å². The molecule has 0 bridgehead atoms. The van der Waals surface area contributed by atoms with Crippen LogP contribution in [0.25, 0.3) is 0 Å². The molecule has 1 unspecified atom stereocenters. The summed E-state index contributed by atoms with van der Waals surface area (Å²) in [6.45, 7) is 1.21. The fourth-order valence-corrected chi connectivity index (χ4v) is 1.78. The summed E-state index contributed by atoms with van der Waals surface area (Å²) in [5.41, 5.74) is -5.13. The Morgan fingerprint density at radius 2 is 1.67 bits per heavy atom. The van der Waals surface area contributed by atoms with Gasteiger partial charge in [-0.15, -0.1) is 0 Å². The fraction of sp³-hybridized carbons (Fsp3) is 0.400. The van der Waals surface area contributed by atoms with E-state index in [1.165, 1.54) is 38.3 Å². The average molecular weight is 284 g/mol. The monoisotopic (exact) mass is 284 g/mol. The van der Waals surface area contributed by atoms with E-state index in [-0.39, 0.29) is 0 Å². The molecular formula is C10H11F3O4S. The normalized spacial score (nSPS) is 14.3. The van der Waals surface area contributed by atoms with Crippen molar-refractivity contribution >= 4 is 10.1 Å². The van der Waals surface area contributed by atoms with Crippen LogP contribution in [-0.4, -0.2) is 21.0 Å². The van der Waals surface area contributed by atoms with Crippen LogP contribution in [0.3, 0.4) is 0 Å². The first kappa shape index (κ1) is 14.8. The van der Waals surface area contributed by atoms with Crippen LogP contribution in [-0.2, 0) is 14.3 Å². The maximum absolute atomic E-state index is 12.1. The molecule has 1 aromatic rings. The molecule has 0 aliphatic rings. The van der Waals surface area contributed by atoms with Gasteiger partial charge < -0.3 is 4.74 Å². The molecule has 0 saturated heterocycles. The van der Waals surface area contributed by atoms with Gasteiger partial charge >= 0.3 is 15.6 Å². The molecule has 8 heteroatoms. The molecule has 1 aromatic carbocycles. The lowest BCUT2D eigenvalue weighted by Crippen LogP contribution is -2.26. The topological polar surface area (TPSA) is 52.6 Å². The molecule has 0 aliphatic heterocycles. The molecule has 0 amide bonds. The van der Waals surface area contributed by atoms with Crippen LogP contribution in [0.5, 0.6) is 5.75 Å². The van der Waals surface area contributed by atoms with Crippen molar-refractivity contribution in [2.24, 2.45) is 0 Å².